The van der Waals surface area contributed by atoms with Gasteiger partial charge in [0.15, 0.2) is 0 Å². The molecule has 1 aliphatic rings. The van der Waals surface area contributed by atoms with Gasteiger partial charge < -0.3 is 0 Å². The van der Waals surface area contributed by atoms with Crippen molar-refractivity contribution in [2.45, 2.75) is 33.6 Å². The fourth-order valence-corrected chi connectivity index (χ4v) is 1.45. The van der Waals surface area contributed by atoms with E-state index in [4.69, 9.17) is 0 Å². The molecule has 0 aromatic rings. The summed E-state index contributed by atoms with van der Waals surface area (Å²) in [5.41, 5.74) is 1.59. The van der Waals surface area contributed by atoms with E-state index in [-0.39, 0.29) is 0 Å². The highest BCUT2D eigenvalue weighted by atomic mass is 14.2. The molecule has 9 heavy (non-hydrogen) atoms. The first-order valence-corrected chi connectivity index (χ1v) is 3.87. The van der Waals surface area contributed by atoms with Gasteiger partial charge in [-0.05, 0) is 31.6 Å². The van der Waals surface area contributed by atoms with Gasteiger partial charge in [0.2, 0.25) is 0 Å². The lowest BCUT2D eigenvalue weighted by Gasteiger charge is -2.09. The molecule has 1 atom stereocenters. The second kappa shape index (κ2) is 2.55. The summed E-state index contributed by atoms with van der Waals surface area (Å²) in [6, 6.07) is 0. The topological polar surface area (TPSA) is 0 Å². The van der Waals surface area contributed by atoms with Crippen LogP contribution >= 0.6 is 0 Å². The normalized spacial score (nSPS) is 27.1. The maximum atomic E-state index is 2.44. The van der Waals surface area contributed by atoms with Gasteiger partial charge in [0.1, 0.15) is 0 Å². The lowest BCUT2D eigenvalue weighted by molar-refractivity contribution is 0.458. The first-order chi connectivity index (χ1) is 4.20. The summed E-state index contributed by atoms with van der Waals surface area (Å²) in [7, 11) is 0. The second-order valence-electron chi connectivity index (χ2n) is 3.46. The Kier molecular flexibility index (Phi) is 1.94. The van der Waals surface area contributed by atoms with E-state index < -0.39 is 0 Å². The minimum Gasteiger partial charge on any atom is -0.0822 e. The van der Waals surface area contributed by atoms with Crippen molar-refractivity contribution in [3.8, 4) is 0 Å². The van der Waals surface area contributed by atoms with Gasteiger partial charge >= 0.3 is 0 Å². The fraction of sp³-hybridized carbons (Fsp3) is 0.778. The fourth-order valence-electron chi connectivity index (χ4n) is 1.45. The lowest BCUT2D eigenvalue weighted by atomic mass is 9.96. The zero-order valence-corrected chi connectivity index (χ0v) is 6.65. The Morgan fingerprint density at radius 3 is 2.44 bits per heavy atom. The molecule has 0 saturated carbocycles. The Morgan fingerprint density at radius 2 is 2.22 bits per heavy atom. The smallest absolute Gasteiger partial charge is 0.0205 e. The standard InChI is InChI=1S/C9H16/c1-7(2)9-5-4-8(3)6-9/h6-7,9H,4-5H2,1-3H3. The van der Waals surface area contributed by atoms with Crippen LogP contribution in [-0.4, -0.2) is 0 Å². The van der Waals surface area contributed by atoms with E-state index in [1.807, 2.05) is 0 Å². The van der Waals surface area contributed by atoms with Crippen molar-refractivity contribution in [2.24, 2.45) is 11.8 Å². The van der Waals surface area contributed by atoms with E-state index in [9.17, 15) is 0 Å². The molecule has 0 saturated heterocycles. The van der Waals surface area contributed by atoms with E-state index >= 15 is 0 Å². The molecule has 0 heteroatoms. The molecule has 0 aromatic carbocycles. The predicted octanol–water partition coefficient (Wildman–Crippen LogP) is 3.00. The van der Waals surface area contributed by atoms with E-state index in [0.29, 0.717) is 0 Å². The van der Waals surface area contributed by atoms with Crippen molar-refractivity contribution in [3.05, 3.63) is 11.6 Å². The van der Waals surface area contributed by atoms with Crippen LogP contribution in [0.2, 0.25) is 0 Å². The molecule has 0 aromatic heterocycles. The largest absolute Gasteiger partial charge is 0.0822 e. The van der Waals surface area contributed by atoms with Crippen molar-refractivity contribution in [3.63, 3.8) is 0 Å². The zero-order valence-electron chi connectivity index (χ0n) is 6.65. The third-order valence-corrected chi connectivity index (χ3v) is 2.23. The number of hydrogen-bond acceptors (Lipinski definition) is 0. The van der Waals surface area contributed by atoms with Gasteiger partial charge in [-0.15, -0.1) is 0 Å². The highest BCUT2D eigenvalue weighted by molar-refractivity contribution is 5.08. The number of hydrogen-bond donors (Lipinski definition) is 0. The number of allylic oxidation sites excluding steroid dienone is 2. The molecular weight excluding hydrogens is 108 g/mol. The summed E-state index contributed by atoms with van der Waals surface area (Å²) in [4.78, 5) is 0. The highest BCUT2D eigenvalue weighted by Gasteiger charge is 2.15. The third-order valence-electron chi connectivity index (χ3n) is 2.23. The van der Waals surface area contributed by atoms with Crippen LogP contribution in [0, 0.1) is 11.8 Å². The van der Waals surface area contributed by atoms with E-state index in [1.165, 1.54) is 12.8 Å². The highest BCUT2D eigenvalue weighted by Crippen LogP contribution is 2.28. The predicted molar refractivity (Wildman–Crippen MR) is 41.3 cm³/mol. The van der Waals surface area contributed by atoms with Crippen molar-refractivity contribution in [1.82, 2.24) is 0 Å². The van der Waals surface area contributed by atoms with Gasteiger partial charge in [0.05, 0.1) is 0 Å². The maximum absolute atomic E-state index is 2.44. The molecule has 0 radical (unpaired) electrons. The quantitative estimate of drug-likeness (QED) is 0.471. The molecule has 52 valence electrons. The van der Waals surface area contributed by atoms with Crippen LogP contribution in [0.4, 0.5) is 0 Å². The van der Waals surface area contributed by atoms with Gasteiger partial charge in [0.25, 0.3) is 0 Å². The minimum atomic E-state index is 0.849. The molecule has 0 fully saturated rings. The Morgan fingerprint density at radius 1 is 1.56 bits per heavy atom. The van der Waals surface area contributed by atoms with E-state index in [1.54, 1.807) is 5.57 Å². The van der Waals surface area contributed by atoms with Gasteiger partial charge in [-0.25, -0.2) is 0 Å². The SMILES string of the molecule is CC1=CC(C(C)C)CC1. The van der Waals surface area contributed by atoms with E-state index in [2.05, 4.69) is 26.8 Å². The van der Waals surface area contributed by atoms with E-state index in [0.717, 1.165) is 11.8 Å². The minimum absolute atomic E-state index is 0.849. The molecule has 0 spiro atoms. The summed E-state index contributed by atoms with van der Waals surface area (Å²) < 4.78 is 0. The molecule has 0 bridgehead atoms. The maximum Gasteiger partial charge on any atom is -0.0205 e. The third kappa shape index (κ3) is 1.57. The monoisotopic (exact) mass is 124 g/mol. The van der Waals surface area contributed by atoms with Gasteiger partial charge in [0, 0.05) is 0 Å². The van der Waals surface area contributed by atoms with Crippen molar-refractivity contribution in [2.75, 3.05) is 0 Å². The molecule has 0 amide bonds. The second-order valence-corrected chi connectivity index (χ2v) is 3.46. The van der Waals surface area contributed by atoms with Crippen molar-refractivity contribution in [1.29, 1.82) is 0 Å². The number of rotatable bonds is 1. The van der Waals surface area contributed by atoms with Crippen LogP contribution < -0.4 is 0 Å². The first kappa shape index (κ1) is 6.85. The summed E-state index contributed by atoms with van der Waals surface area (Å²) >= 11 is 0. The molecule has 1 aliphatic carbocycles. The summed E-state index contributed by atoms with van der Waals surface area (Å²) in [6.45, 7) is 6.85. The average Bonchev–Trinajstić information content (AvgIpc) is 2.14. The van der Waals surface area contributed by atoms with Crippen LogP contribution in [0.25, 0.3) is 0 Å². The first-order valence-electron chi connectivity index (χ1n) is 3.87. The van der Waals surface area contributed by atoms with Gasteiger partial charge in [-0.1, -0.05) is 25.5 Å². The summed E-state index contributed by atoms with van der Waals surface area (Å²) in [5.74, 6) is 1.73. The zero-order chi connectivity index (χ0) is 6.85. The average molecular weight is 124 g/mol. The molecule has 0 nitrogen and oxygen atoms in total. The van der Waals surface area contributed by atoms with Crippen LogP contribution in [0.1, 0.15) is 33.6 Å². The van der Waals surface area contributed by atoms with Crippen LogP contribution in [-0.2, 0) is 0 Å². The molecule has 1 rings (SSSR count). The van der Waals surface area contributed by atoms with Crippen molar-refractivity contribution < 1.29 is 0 Å². The molecule has 1 unspecified atom stereocenters. The van der Waals surface area contributed by atoms with Crippen molar-refractivity contribution >= 4 is 0 Å². The van der Waals surface area contributed by atoms with Crippen LogP contribution in [0.5, 0.6) is 0 Å². The molecular formula is C9H16. The molecule has 0 N–H and O–H groups in total. The lowest BCUT2D eigenvalue weighted by Crippen LogP contribution is -2.00. The Bertz CT molecular complexity index is 120. The summed E-state index contributed by atoms with van der Waals surface area (Å²) in [6.07, 6.45) is 5.16. The Hall–Kier alpha value is -0.260. The Balaban J connectivity index is 2.47. The summed E-state index contributed by atoms with van der Waals surface area (Å²) in [5, 5.41) is 0. The Labute approximate surface area is 58.0 Å². The van der Waals surface area contributed by atoms with Crippen LogP contribution in [0.15, 0.2) is 11.6 Å². The molecule has 0 aliphatic heterocycles. The van der Waals surface area contributed by atoms with Crippen LogP contribution in [0.3, 0.4) is 0 Å². The van der Waals surface area contributed by atoms with Gasteiger partial charge in [-0.3, -0.25) is 0 Å². The van der Waals surface area contributed by atoms with Gasteiger partial charge in [-0.2, -0.15) is 0 Å². The molecule has 0 heterocycles.